The minimum atomic E-state index is -0.724. The maximum Gasteiger partial charge on any atom is 0.258 e. The number of nitrogens with one attached hydrogen (secondary N) is 1. The van der Waals surface area contributed by atoms with Crippen LogP contribution < -0.4 is 5.32 Å². The van der Waals surface area contributed by atoms with Crippen LogP contribution in [0.1, 0.15) is 39.5 Å². The molecule has 2 aliphatic heterocycles. The predicted octanol–water partition coefficient (Wildman–Crippen LogP) is 0.998. The van der Waals surface area contributed by atoms with Gasteiger partial charge in [0.05, 0.1) is 6.61 Å². The smallest absolute Gasteiger partial charge is 0.258 e. The zero-order valence-electron chi connectivity index (χ0n) is 9.26. The molecule has 15 heavy (non-hydrogen) atoms. The average molecular weight is 211 g/mol. The van der Waals surface area contributed by atoms with Crippen LogP contribution in [0.15, 0.2) is 0 Å². The maximum atomic E-state index is 11.8. The summed E-state index contributed by atoms with van der Waals surface area (Å²) in [7, 11) is 0. The van der Waals surface area contributed by atoms with E-state index in [0.717, 1.165) is 12.8 Å². The summed E-state index contributed by atoms with van der Waals surface area (Å²) in [6.07, 6.45) is 2.66. The van der Waals surface area contributed by atoms with Crippen molar-refractivity contribution >= 4 is 11.8 Å². The van der Waals surface area contributed by atoms with Crippen LogP contribution in [0, 0.1) is 5.41 Å². The standard InChI is InChI=1S/C11H17NO3/c1-3-10(2)6-11(15-7-10)5-4-8(13)12-9(11)14/h3-7H2,1-2H3,(H,12,13,14). The van der Waals surface area contributed by atoms with Gasteiger partial charge in [0.1, 0.15) is 5.60 Å². The van der Waals surface area contributed by atoms with Gasteiger partial charge in [-0.1, -0.05) is 13.8 Å². The third kappa shape index (κ3) is 1.67. The normalized spacial score (nSPS) is 40.9. The number of hydrogen-bond acceptors (Lipinski definition) is 3. The van der Waals surface area contributed by atoms with Crippen LogP contribution in [-0.2, 0) is 14.3 Å². The number of carbonyl (C=O) groups is 2. The summed E-state index contributed by atoms with van der Waals surface area (Å²) in [6.45, 7) is 4.85. The Labute approximate surface area is 89.4 Å². The van der Waals surface area contributed by atoms with Crippen LogP contribution >= 0.6 is 0 Å². The quantitative estimate of drug-likeness (QED) is 0.658. The van der Waals surface area contributed by atoms with Gasteiger partial charge in [-0.15, -0.1) is 0 Å². The van der Waals surface area contributed by atoms with Crippen molar-refractivity contribution in [3.8, 4) is 0 Å². The van der Waals surface area contributed by atoms with E-state index in [1.807, 2.05) is 0 Å². The van der Waals surface area contributed by atoms with Crippen LogP contribution in [0.25, 0.3) is 0 Å². The molecule has 2 fully saturated rings. The minimum Gasteiger partial charge on any atom is -0.365 e. The molecule has 0 bridgehead atoms. The molecule has 4 nitrogen and oxygen atoms in total. The first-order chi connectivity index (χ1) is 7.00. The van der Waals surface area contributed by atoms with Gasteiger partial charge in [-0.2, -0.15) is 0 Å². The molecule has 2 atom stereocenters. The second-order valence-electron chi connectivity index (χ2n) is 5.00. The number of carbonyl (C=O) groups excluding carboxylic acids is 2. The van der Waals surface area contributed by atoms with Gasteiger partial charge in [-0.25, -0.2) is 0 Å². The lowest BCUT2D eigenvalue weighted by Crippen LogP contribution is -2.53. The fraction of sp³-hybridized carbons (Fsp3) is 0.818. The lowest BCUT2D eigenvalue weighted by molar-refractivity contribution is -0.151. The van der Waals surface area contributed by atoms with Crippen molar-refractivity contribution in [1.82, 2.24) is 5.32 Å². The molecule has 2 amide bonds. The van der Waals surface area contributed by atoms with Crippen molar-refractivity contribution in [2.24, 2.45) is 5.41 Å². The first kappa shape index (κ1) is 10.6. The molecule has 2 rings (SSSR count). The lowest BCUT2D eigenvalue weighted by Gasteiger charge is -2.31. The topological polar surface area (TPSA) is 55.4 Å². The Kier molecular flexibility index (Phi) is 2.34. The van der Waals surface area contributed by atoms with Crippen LogP contribution in [0.5, 0.6) is 0 Å². The molecule has 0 saturated carbocycles. The Morgan fingerprint density at radius 1 is 1.47 bits per heavy atom. The zero-order valence-corrected chi connectivity index (χ0v) is 9.26. The Bertz CT molecular complexity index is 315. The number of hydrogen-bond donors (Lipinski definition) is 1. The first-order valence-corrected chi connectivity index (χ1v) is 5.48. The molecule has 84 valence electrons. The van der Waals surface area contributed by atoms with Crippen LogP contribution in [-0.4, -0.2) is 24.0 Å². The van der Waals surface area contributed by atoms with E-state index >= 15 is 0 Å². The van der Waals surface area contributed by atoms with Crippen molar-refractivity contribution < 1.29 is 14.3 Å². The molecule has 0 radical (unpaired) electrons. The van der Waals surface area contributed by atoms with E-state index in [2.05, 4.69) is 19.2 Å². The summed E-state index contributed by atoms with van der Waals surface area (Å²) in [5.74, 6) is -0.421. The molecule has 2 heterocycles. The Hall–Kier alpha value is -0.900. The number of amides is 2. The van der Waals surface area contributed by atoms with E-state index in [4.69, 9.17) is 4.74 Å². The van der Waals surface area contributed by atoms with Crippen molar-refractivity contribution in [2.45, 2.75) is 45.1 Å². The highest BCUT2D eigenvalue weighted by atomic mass is 16.5. The molecule has 0 aromatic heterocycles. The van der Waals surface area contributed by atoms with E-state index in [0.29, 0.717) is 19.4 Å². The van der Waals surface area contributed by atoms with E-state index in [1.54, 1.807) is 0 Å². The highest BCUT2D eigenvalue weighted by molar-refractivity contribution is 6.02. The van der Waals surface area contributed by atoms with Crippen LogP contribution in [0.3, 0.4) is 0 Å². The van der Waals surface area contributed by atoms with E-state index in [1.165, 1.54) is 0 Å². The molecule has 0 aliphatic carbocycles. The van der Waals surface area contributed by atoms with E-state index in [-0.39, 0.29) is 17.2 Å². The molecule has 0 aromatic carbocycles. The molecule has 4 heteroatoms. The third-order valence-electron chi connectivity index (χ3n) is 3.69. The Morgan fingerprint density at radius 2 is 2.20 bits per heavy atom. The summed E-state index contributed by atoms with van der Waals surface area (Å²) >= 11 is 0. The first-order valence-electron chi connectivity index (χ1n) is 5.48. The van der Waals surface area contributed by atoms with Gasteiger partial charge in [0.15, 0.2) is 0 Å². The van der Waals surface area contributed by atoms with E-state index < -0.39 is 5.60 Å². The summed E-state index contributed by atoms with van der Waals surface area (Å²) < 4.78 is 5.68. The highest BCUT2D eigenvalue weighted by Gasteiger charge is 2.53. The van der Waals surface area contributed by atoms with Crippen LogP contribution in [0.2, 0.25) is 0 Å². The van der Waals surface area contributed by atoms with Gasteiger partial charge in [0, 0.05) is 6.42 Å². The molecule has 2 aliphatic rings. The molecule has 2 saturated heterocycles. The van der Waals surface area contributed by atoms with Crippen molar-refractivity contribution in [1.29, 1.82) is 0 Å². The number of imide groups is 1. The van der Waals surface area contributed by atoms with Gasteiger partial charge in [-0.05, 0) is 24.7 Å². The average Bonchev–Trinajstić information content (AvgIpc) is 2.54. The van der Waals surface area contributed by atoms with Crippen molar-refractivity contribution in [3.05, 3.63) is 0 Å². The summed E-state index contributed by atoms with van der Waals surface area (Å²) in [6, 6.07) is 0. The Morgan fingerprint density at radius 3 is 2.73 bits per heavy atom. The second kappa shape index (κ2) is 3.30. The summed E-state index contributed by atoms with van der Waals surface area (Å²) in [5.41, 5.74) is -0.642. The maximum absolute atomic E-state index is 11.8. The van der Waals surface area contributed by atoms with Gasteiger partial charge in [0.25, 0.3) is 5.91 Å². The fourth-order valence-corrected chi connectivity index (χ4v) is 2.37. The van der Waals surface area contributed by atoms with Gasteiger partial charge in [0.2, 0.25) is 5.91 Å². The Balaban J connectivity index is 2.16. The molecular formula is C11H17NO3. The number of piperidine rings is 1. The van der Waals surface area contributed by atoms with E-state index in [9.17, 15) is 9.59 Å². The van der Waals surface area contributed by atoms with Crippen molar-refractivity contribution in [2.75, 3.05) is 6.61 Å². The second-order valence-corrected chi connectivity index (χ2v) is 5.00. The summed E-state index contributed by atoms with van der Waals surface area (Å²) in [5, 5.41) is 2.37. The number of rotatable bonds is 1. The highest BCUT2D eigenvalue weighted by Crippen LogP contribution is 2.44. The molecule has 1 N–H and O–H groups in total. The number of ether oxygens (including phenoxy) is 1. The SMILES string of the molecule is CCC1(C)COC2(CCC(=O)NC2=O)C1. The largest absolute Gasteiger partial charge is 0.365 e. The van der Waals surface area contributed by atoms with Gasteiger partial charge >= 0.3 is 0 Å². The monoisotopic (exact) mass is 211 g/mol. The molecule has 2 unspecified atom stereocenters. The predicted molar refractivity (Wildman–Crippen MR) is 54.1 cm³/mol. The van der Waals surface area contributed by atoms with Gasteiger partial charge in [-0.3, -0.25) is 14.9 Å². The lowest BCUT2D eigenvalue weighted by atomic mass is 9.77. The fourth-order valence-electron chi connectivity index (χ4n) is 2.37. The summed E-state index contributed by atoms with van der Waals surface area (Å²) in [4.78, 5) is 22.8. The van der Waals surface area contributed by atoms with Gasteiger partial charge < -0.3 is 4.74 Å². The van der Waals surface area contributed by atoms with Crippen LogP contribution in [0.4, 0.5) is 0 Å². The minimum absolute atomic E-state index is 0.0811. The molecule has 0 aromatic rings. The molecule has 1 spiro atoms. The third-order valence-corrected chi connectivity index (χ3v) is 3.69. The zero-order chi connectivity index (χ0) is 11.1. The van der Waals surface area contributed by atoms with Crippen molar-refractivity contribution in [3.63, 3.8) is 0 Å². The molecular weight excluding hydrogens is 194 g/mol.